The number of fused-ring (bicyclic) bond motifs is 8. The zero-order valence-corrected chi connectivity index (χ0v) is 28.7. The molecule has 0 N–H and O–H groups in total. The van der Waals surface area contributed by atoms with Gasteiger partial charge in [-0.3, -0.25) is 14.6 Å². The van der Waals surface area contributed by atoms with Crippen LogP contribution in [0.25, 0.3) is 44.6 Å². The molecule has 8 bridgehead atoms. The van der Waals surface area contributed by atoms with Gasteiger partial charge < -0.3 is 4.74 Å². The molecule has 5 heterocycles. The fourth-order valence-electron chi connectivity index (χ4n) is 6.38. The molecule has 1 aromatic carbocycles. The van der Waals surface area contributed by atoms with Gasteiger partial charge in [-0.1, -0.05) is 64.1 Å². The monoisotopic (exact) mass is 630 g/mol. The van der Waals surface area contributed by atoms with Crippen LogP contribution in [0, 0.1) is 5.41 Å². The molecule has 5 aromatic rings. The molecule has 0 radical (unpaired) electrons. The summed E-state index contributed by atoms with van der Waals surface area (Å²) in [6.07, 6.45) is 0.910. The lowest BCUT2D eigenvalue weighted by Gasteiger charge is -2.38. The summed E-state index contributed by atoms with van der Waals surface area (Å²) in [6.45, 7) is 17.7. The summed E-state index contributed by atoms with van der Waals surface area (Å²) in [5, 5.41) is 2.04. The van der Waals surface area contributed by atoms with E-state index in [4.69, 9.17) is 24.7 Å². The van der Waals surface area contributed by atoms with Crippen LogP contribution in [0.5, 0.6) is 0 Å². The summed E-state index contributed by atoms with van der Waals surface area (Å²) in [5.74, 6) is -0.240. The van der Waals surface area contributed by atoms with E-state index < -0.39 is 5.60 Å². The van der Waals surface area contributed by atoms with Gasteiger partial charge in [-0.25, -0.2) is 19.9 Å². The van der Waals surface area contributed by atoms with E-state index in [9.17, 15) is 4.79 Å². The van der Waals surface area contributed by atoms with E-state index in [2.05, 4.69) is 73.9 Å². The lowest BCUT2D eigenvalue weighted by atomic mass is 9.94. The molecule has 1 unspecified atom stereocenters. The molecule has 47 heavy (non-hydrogen) atoms. The molecular formula is C39H46N6O2. The molecule has 1 atom stereocenters. The Labute approximate surface area is 278 Å². The van der Waals surface area contributed by atoms with Gasteiger partial charge in [-0.15, -0.1) is 0 Å². The number of benzene rings is 1. The van der Waals surface area contributed by atoms with Crippen LogP contribution >= 0.6 is 0 Å². The molecule has 4 aromatic heterocycles. The van der Waals surface area contributed by atoms with E-state index in [0.29, 0.717) is 19.6 Å². The average molecular weight is 631 g/mol. The van der Waals surface area contributed by atoms with Crippen molar-refractivity contribution in [3.63, 3.8) is 0 Å². The predicted octanol–water partition coefficient (Wildman–Crippen LogP) is 7.69. The van der Waals surface area contributed by atoms with Crippen molar-refractivity contribution in [3.8, 4) is 22.8 Å². The van der Waals surface area contributed by atoms with E-state index in [1.807, 2.05) is 57.2 Å². The molecule has 0 spiro atoms. The number of ether oxygens (including phenoxy) is 1. The van der Waals surface area contributed by atoms with Crippen molar-refractivity contribution in [1.82, 2.24) is 29.7 Å². The van der Waals surface area contributed by atoms with Gasteiger partial charge >= 0.3 is 5.97 Å². The minimum absolute atomic E-state index is 0.0545. The Morgan fingerprint density at radius 1 is 0.723 bits per heavy atom. The van der Waals surface area contributed by atoms with Crippen LogP contribution in [0.15, 0.2) is 72.8 Å². The van der Waals surface area contributed by atoms with Crippen molar-refractivity contribution in [3.05, 3.63) is 84.2 Å². The van der Waals surface area contributed by atoms with Crippen molar-refractivity contribution >= 4 is 27.8 Å². The number of carbonyl (C=O) groups is 1. The lowest BCUT2D eigenvalue weighted by Crippen LogP contribution is -2.47. The first kappa shape index (κ1) is 32.7. The molecule has 0 saturated heterocycles. The number of hydrogen-bond donors (Lipinski definition) is 0. The summed E-state index contributed by atoms with van der Waals surface area (Å²) in [4.78, 5) is 38.4. The Bertz CT molecular complexity index is 1910. The maximum atomic E-state index is 13.2. The summed E-state index contributed by atoms with van der Waals surface area (Å²) in [6, 6.07) is 24.8. The fourth-order valence-corrected chi connectivity index (χ4v) is 6.38. The quantitative estimate of drug-likeness (QED) is 0.148. The Balaban J connectivity index is 1.51. The zero-order valence-electron chi connectivity index (χ0n) is 28.7. The molecule has 0 saturated carbocycles. The van der Waals surface area contributed by atoms with Gasteiger partial charge in [0.25, 0.3) is 0 Å². The molecule has 0 aliphatic carbocycles. The van der Waals surface area contributed by atoms with Crippen LogP contribution in [-0.4, -0.2) is 67.0 Å². The Morgan fingerprint density at radius 2 is 1.23 bits per heavy atom. The molecule has 6 rings (SSSR count). The van der Waals surface area contributed by atoms with E-state index in [-0.39, 0.29) is 24.0 Å². The SMILES string of the molecule is CCC1CN(CC(=O)OC(C)(C)C)Cc2cccc(n2)-c2ccc3ccc4ccc(nc4c3n2)-c2cccc(n2)CN1CC(C)(C)C. The number of carbonyl (C=O) groups excluding carboxylic acids is 1. The van der Waals surface area contributed by atoms with Gasteiger partial charge in [0.2, 0.25) is 0 Å². The first-order chi connectivity index (χ1) is 22.3. The third-order valence-electron chi connectivity index (χ3n) is 8.32. The number of esters is 1. The minimum atomic E-state index is -0.564. The standard InChI is InChI=1S/C39H46N6O2/c1-8-30-23-44(24-35(46)47-39(5,6)7)21-28-11-9-13-31(40-28)33-19-17-26-15-16-27-18-20-34(43-37(27)36(26)42-33)32-14-10-12-29(41-32)22-45(30)25-38(2,3)4/h9-20,30H,8,21-25H2,1-7H3. The third-order valence-corrected chi connectivity index (χ3v) is 8.32. The number of aromatic nitrogens is 4. The molecule has 1 aliphatic rings. The smallest absolute Gasteiger partial charge is 0.320 e. The van der Waals surface area contributed by atoms with Crippen LogP contribution in [0.1, 0.15) is 66.3 Å². The third kappa shape index (κ3) is 8.00. The van der Waals surface area contributed by atoms with Crippen molar-refractivity contribution in [1.29, 1.82) is 0 Å². The second kappa shape index (κ2) is 13.1. The average Bonchev–Trinajstić information content (AvgIpc) is 3.01. The summed E-state index contributed by atoms with van der Waals surface area (Å²) in [7, 11) is 0. The molecule has 1 aliphatic heterocycles. The maximum Gasteiger partial charge on any atom is 0.320 e. The van der Waals surface area contributed by atoms with Crippen LogP contribution in [0.4, 0.5) is 0 Å². The van der Waals surface area contributed by atoms with Crippen molar-refractivity contribution < 1.29 is 9.53 Å². The van der Waals surface area contributed by atoms with E-state index in [1.54, 1.807) is 0 Å². The fraction of sp³-hybridized carbons (Fsp3) is 0.410. The molecular weight excluding hydrogens is 584 g/mol. The number of pyridine rings is 4. The van der Waals surface area contributed by atoms with Gasteiger partial charge in [0.15, 0.2) is 0 Å². The molecule has 0 amide bonds. The largest absolute Gasteiger partial charge is 0.459 e. The molecule has 8 heteroatoms. The predicted molar refractivity (Wildman–Crippen MR) is 189 cm³/mol. The summed E-state index contributed by atoms with van der Waals surface area (Å²) < 4.78 is 5.80. The Kier molecular flexibility index (Phi) is 9.09. The van der Waals surface area contributed by atoms with E-state index in [0.717, 1.165) is 68.9 Å². The number of rotatable bonds is 4. The first-order valence-corrected chi connectivity index (χ1v) is 16.6. The molecule has 0 fully saturated rings. The van der Waals surface area contributed by atoms with Crippen molar-refractivity contribution in [2.24, 2.45) is 5.41 Å². The van der Waals surface area contributed by atoms with Gasteiger partial charge in [-0.2, -0.15) is 0 Å². The van der Waals surface area contributed by atoms with Gasteiger partial charge in [0.05, 0.1) is 51.7 Å². The van der Waals surface area contributed by atoms with Crippen molar-refractivity contribution in [2.45, 2.75) is 79.6 Å². The van der Waals surface area contributed by atoms with E-state index >= 15 is 0 Å². The zero-order chi connectivity index (χ0) is 33.3. The van der Waals surface area contributed by atoms with Gasteiger partial charge in [0.1, 0.15) is 5.60 Å². The molecule has 8 nitrogen and oxygen atoms in total. The lowest BCUT2D eigenvalue weighted by molar-refractivity contribution is -0.156. The minimum Gasteiger partial charge on any atom is -0.459 e. The van der Waals surface area contributed by atoms with E-state index in [1.165, 1.54) is 0 Å². The second-order valence-electron chi connectivity index (χ2n) is 14.9. The highest BCUT2D eigenvalue weighted by Gasteiger charge is 2.28. The highest BCUT2D eigenvalue weighted by molar-refractivity contribution is 6.04. The maximum absolute atomic E-state index is 13.2. The normalized spacial score (nSPS) is 16.5. The molecule has 244 valence electrons. The van der Waals surface area contributed by atoms with Crippen LogP contribution in [0.2, 0.25) is 0 Å². The topological polar surface area (TPSA) is 84.3 Å². The number of hydrogen-bond acceptors (Lipinski definition) is 8. The summed E-state index contributed by atoms with van der Waals surface area (Å²) >= 11 is 0. The van der Waals surface area contributed by atoms with Crippen LogP contribution < -0.4 is 0 Å². The second-order valence-corrected chi connectivity index (χ2v) is 14.9. The van der Waals surface area contributed by atoms with Crippen molar-refractivity contribution in [2.75, 3.05) is 19.6 Å². The van der Waals surface area contributed by atoms with Gasteiger partial charge in [0, 0.05) is 43.0 Å². The Hall–Kier alpha value is -4.27. The highest BCUT2D eigenvalue weighted by atomic mass is 16.6. The van der Waals surface area contributed by atoms with Crippen LogP contribution in [-0.2, 0) is 22.6 Å². The highest BCUT2D eigenvalue weighted by Crippen LogP contribution is 2.29. The van der Waals surface area contributed by atoms with Gasteiger partial charge in [-0.05, 0) is 69.0 Å². The first-order valence-electron chi connectivity index (χ1n) is 16.6. The van der Waals surface area contributed by atoms with Crippen LogP contribution in [0.3, 0.4) is 0 Å². The number of nitrogens with zero attached hydrogens (tertiary/aromatic N) is 6. The summed E-state index contributed by atoms with van der Waals surface area (Å²) in [5.41, 5.74) is 6.24. The Morgan fingerprint density at radius 3 is 1.74 bits per heavy atom.